The molecule has 38 nitrogen and oxygen atoms in total. The number of anilines is 2. The molecule has 0 aliphatic carbocycles. The Kier molecular flexibility index (Phi) is 28.7. The molecule has 0 saturated heterocycles. The molecule has 6 heterocycles. The second-order valence-corrected chi connectivity index (χ2v) is 31.6. The largest absolute Gasteiger partial charge is 0.515 e. The molecule has 41 heteroatoms. The van der Waals surface area contributed by atoms with Gasteiger partial charge in [0, 0.05) is 0 Å². The van der Waals surface area contributed by atoms with E-state index in [0.717, 1.165) is 6.33 Å². The third-order valence-electron chi connectivity index (χ3n) is 12.2. The van der Waals surface area contributed by atoms with E-state index in [-0.39, 0.29) is 43.3 Å². The fourth-order valence-electron chi connectivity index (χ4n) is 7.94. The number of carbonyl (C=O) groups excluding carboxylic acids is 6. The van der Waals surface area contributed by atoms with Gasteiger partial charge < -0.3 is 109 Å². The number of rotatable bonds is 37. The molecule has 0 aromatic carbocycles. The van der Waals surface area contributed by atoms with Crippen LogP contribution in [0.4, 0.5) is 40.4 Å². The Morgan fingerprint density at radius 3 is 0.938 bits per heavy atom. The summed E-state index contributed by atoms with van der Waals surface area (Å²) >= 11 is 0. The highest BCUT2D eigenvalue weighted by Gasteiger charge is 2.33. The van der Waals surface area contributed by atoms with Crippen LogP contribution in [-0.4, -0.2) is 208 Å². The molecule has 0 spiro atoms. The third kappa shape index (κ3) is 24.9. The fourth-order valence-corrected chi connectivity index (χ4v) is 12.2. The molecule has 0 fully saturated rings. The molecule has 0 radical (unpaired) electrons. The number of hydrogen-bond donors (Lipinski definition) is 2. The van der Waals surface area contributed by atoms with E-state index < -0.39 is 164 Å². The van der Waals surface area contributed by atoms with E-state index in [1.807, 2.05) is 0 Å². The van der Waals surface area contributed by atoms with Gasteiger partial charge in [0.05, 0.1) is 94.1 Å². The molecular weight excluding hydrogens is 1330 g/mol. The summed E-state index contributed by atoms with van der Waals surface area (Å²) < 4.78 is 126. The Labute approximate surface area is 550 Å². The second kappa shape index (κ2) is 36.0. The third-order valence-corrected chi connectivity index (χ3v) is 17.6. The van der Waals surface area contributed by atoms with Crippen LogP contribution in [0.3, 0.4) is 0 Å². The van der Waals surface area contributed by atoms with E-state index in [1.54, 1.807) is 99.1 Å². The lowest BCUT2D eigenvalue weighted by Gasteiger charge is -2.21. The Balaban J connectivity index is 1.03. The fraction of sp³-hybridized carbons (Fsp3) is 0.618. The quantitative estimate of drug-likeness (QED) is 0.0158. The van der Waals surface area contributed by atoms with Crippen molar-refractivity contribution in [3.63, 3.8) is 0 Å². The summed E-state index contributed by atoms with van der Waals surface area (Å²) in [6, 6.07) is 0. The van der Waals surface area contributed by atoms with Crippen LogP contribution in [0.5, 0.6) is 5.88 Å². The highest BCUT2D eigenvalue weighted by molar-refractivity contribution is 7.64. The van der Waals surface area contributed by atoms with Gasteiger partial charge in [0.1, 0.15) is 49.1 Å². The zero-order chi connectivity index (χ0) is 70.3. The maximum Gasteiger partial charge on any atom is 0.515 e. The number of imidazole rings is 3. The van der Waals surface area contributed by atoms with Crippen LogP contribution in [0.1, 0.15) is 90.0 Å². The first kappa shape index (κ1) is 76.5. The average Bonchev–Trinajstić information content (AvgIpc) is 1.66. The Bertz CT molecular complexity index is 3680. The maximum absolute atomic E-state index is 14.4. The zero-order valence-electron chi connectivity index (χ0n) is 55.3. The first-order valence-corrected chi connectivity index (χ1v) is 36.7. The average molecular weight is 1420 g/mol. The van der Waals surface area contributed by atoms with Crippen LogP contribution < -0.4 is 15.4 Å². The number of nitrogens with zero attached hydrogens (tertiary/aromatic N) is 12. The normalized spacial score (nSPS) is 13.5. The van der Waals surface area contributed by atoms with Gasteiger partial charge >= 0.3 is 36.9 Å². The smallest absolute Gasteiger partial charge is 0.432 e. The molecule has 0 saturated carbocycles. The first-order chi connectivity index (χ1) is 45.4. The van der Waals surface area contributed by atoms with Crippen molar-refractivity contribution in [1.82, 2.24) is 58.6 Å². The summed E-state index contributed by atoms with van der Waals surface area (Å²) in [5.74, 6) is 0.354. The topological polar surface area (TPSA) is 447 Å². The standard InChI is InChI=1S/C55H81N14O24P3/c1-33(2)88-50(70)82-27-94(76,28-83-51(71)89-34(3)4)24-79-38(11)14-67-21-64-41-44(58-18-60-46(41)67)56-17-57-45-42-47(61-19-59-45)68(22-65-42)15-39(12)80-26-96(78,31-86-54(74)92-37(9)10)32-87-55(75)93-49-43-48(62-20-63-49)69(23-66-43)16-40(13)81-25-95(77,29-84-52(72)90-35(5)6)30-85-53(73)91-36(7)8/h18-23,33-40H,14-17,24-32H2,1-13H3,(H,56,58,60)(H,57,59,61)/t38-,39-,40-,96?/m1/s1. The first-order valence-electron chi connectivity index (χ1n) is 29.9. The lowest BCUT2D eigenvalue weighted by molar-refractivity contribution is 0.0355. The number of hydrogen-bond acceptors (Lipinski definition) is 35. The molecule has 6 aromatic rings. The SMILES string of the molecule is CC(C)OC(=O)OCP(=O)(COC(=O)Oc1ncnc2c1ncn2C[C@@H](C)OCP(=O)(COC(=O)OC(C)C)COC(=O)OC(C)C)CO[C@H](C)Cn1cnc2c(NCNc3ncnc4c3ncn4C[C@@H](C)OCP(=O)(COC(=O)OC(C)C)COC(=O)OC(C)C)ncnc21. The Morgan fingerprint density at radius 2 is 0.635 bits per heavy atom. The van der Waals surface area contributed by atoms with E-state index in [1.165, 1.54) is 36.2 Å². The van der Waals surface area contributed by atoms with Gasteiger partial charge in [0.2, 0.25) is 0 Å². The van der Waals surface area contributed by atoms with E-state index in [0.29, 0.717) is 34.0 Å². The summed E-state index contributed by atoms with van der Waals surface area (Å²) in [7, 11) is -11.3. The molecule has 6 aromatic heterocycles. The van der Waals surface area contributed by atoms with Crippen molar-refractivity contribution in [2.24, 2.45) is 0 Å². The van der Waals surface area contributed by atoms with Gasteiger partial charge in [-0.2, -0.15) is 4.98 Å². The molecule has 0 aliphatic rings. The van der Waals surface area contributed by atoms with Gasteiger partial charge in [-0.15, -0.1) is 0 Å². The van der Waals surface area contributed by atoms with Crippen molar-refractivity contribution >= 4 is 103 Å². The maximum atomic E-state index is 14.4. The molecule has 0 bridgehead atoms. The van der Waals surface area contributed by atoms with Crippen LogP contribution in [0.15, 0.2) is 38.0 Å². The monoisotopic (exact) mass is 1410 g/mol. The van der Waals surface area contributed by atoms with Crippen LogP contribution in [0.2, 0.25) is 0 Å². The lowest BCUT2D eigenvalue weighted by Crippen LogP contribution is -2.22. The molecule has 530 valence electrons. The second-order valence-electron chi connectivity index (χ2n) is 22.9. The summed E-state index contributed by atoms with van der Waals surface area (Å²) in [4.78, 5) is 113. The van der Waals surface area contributed by atoms with Crippen molar-refractivity contribution < 1.29 is 114 Å². The molecular formula is C55H81N14O24P3. The minimum Gasteiger partial charge on any atom is -0.432 e. The molecule has 6 rings (SSSR count). The van der Waals surface area contributed by atoms with Gasteiger partial charge in [0.25, 0.3) is 5.88 Å². The van der Waals surface area contributed by atoms with Crippen LogP contribution in [0.25, 0.3) is 33.5 Å². The Morgan fingerprint density at radius 1 is 0.365 bits per heavy atom. The van der Waals surface area contributed by atoms with Crippen molar-refractivity contribution in [2.45, 2.75) is 158 Å². The van der Waals surface area contributed by atoms with Gasteiger partial charge in [-0.05, 0) is 90.0 Å². The van der Waals surface area contributed by atoms with Crippen LogP contribution in [0, 0.1) is 0 Å². The van der Waals surface area contributed by atoms with Gasteiger partial charge in [-0.3, -0.25) is 0 Å². The number of carbonyl (C=O) groups is 6. The zero-order valence-corrected chi connectivity index (χ0v) is 58.0. The van der Waals surface area contributed by atoms with E-state index in [2.05, 4.69) is 55.5 Å². The van der Waals surface area contributed by atoms with Crippen molar-refractivity contribution in [1.29, 1.82) is 0 Å². The van der Waals surface area contributed by atoms with Gasteiger partial charge in [-0.25, -0.2) is 68.6 Å². The van der Waals surface area contributed by atoms with E-state index in [4.69, 9.17) is 71.1 Å². The van der Waals surface area contributed by atoms with E-state index in [9.17, 15) is 42.5 Å². The molecule has 1 unspecified atom stereocenters. The van der Waals surface area contributed by atoms with Crippen molar-refractivity contribution in [2.75, 3.05) is 74.4 Å². The van der Waals surface area contributed by atoms with E-state index >= 15 is 0 Å². The minimum absolute atomic E-state index is 0.00285. The predicted octanol–water partition coefficient (Wildman–Crippen LogP) is 9.53. The summed E-state index contributed by atoms with van der Waals surface area (Å²) in [6.45, 7) is 21.5. The van der Waals surface area contributed by atoms with Crippen LogP contribution in [-0.2, 0) is 99.6 Å². The van der Waals surface area contributed by atoms with Crippen molar-refractivity contribution in [3.8, 4) is 5.88 Å². The molecule has 0 amide bonds. The predicted molar refractivity (Wildman–Crippen MR) is 337 cm³/mol. The van der Waals surface area contributed by atoms with Crippen molar-refractivity contribution in [3.05, 3.63) is 38.0 Å². The summed E-state index contributed by atoms with van der Waals surface area (Å²) in [6.07, 6.45) is -8.88. The highest BCUT2D eigenvalue weighted by atomic mass is 31.2. The van der Waals surface area contributed by atoms with Gasteiger partial charge in [-0.1, -0.05) is 0 Å². The highest BCUT2D eigenvalue weighted by Crippen LogP contribution is 2.48. The number of fused-ring (bicyclic) bond motifs is 3. The van der Waals surface area contributed by atoms with Gasteiger partial charge in [0.15, 0.2) is 93.6 Å². The molecule has 0 aliphatic heterocycles. The summed E-state index contributed by atoms with van der Waals surface area (Å²) in [5, 5.41) is 6.34. The Hall–Kier alpha value is -8.56. The summed E-state index contributed by atoms with van der Waals surface area (Å²) in [5.41, 5.74) is 1.78. The number of nitrogens with one attached hydrogen (secondary N) is 2. The molecule has 96 heavy (non-hydrogen) atoms. The number of ether oxygens (including phenoxy) is 15. The molecule has 2 N–H and O–H groups in total. The molecule has 4 atom stereocenters. The lowest BCUT2D eigenvalue weighted by atomic mass is 10.4. The minimum atomic E-state index is -3.91. The van der Waals surface area contributed by atoms with Crippen LogP contribution >= 0.6 is 21.4 Å². The number of aromatic nitrogens is 12.